The predicted octanol–water partition coefficient (Wildman–Crippen LogP) is 1.75. The number of carbonyl (C=O) groups excluding carboxylic acids is 1. The minimum absolute atomic E-state index is 0.202. The van der Waals surface area contributed by atoms with Crippen molar-refractivity contribution in [2.24, 2.45) is 0 Å². The van der Waals surface area contributed by atoms with Gasteiger partial charge >= 0.3 is 5.97 Å². The Hall–Kier alpha value is -1.29. The maximum Gasteiger partial charge on any atom is 0.305 e. The Balaban J connectivity index is 1.97. The molecule has 1 heterocycles. The van der Waals surface area contributed by atoms with Crippen LogP contribution < -0.4 is 0 Å². The zero-order valence-electron chi connectivity index (χ0n) is 8.19. The molecule has 14 heavy (non-hydrogen) atoms. The van der Waals surface area contributed by atoms with Crippen molar-refractivity contribution >= 4 is 5.97 Å². The van der Waals surface area contributed by atoms with E-state index >= 15 is 0 Å². The number of furan rings is 1. The van der Waals surface area contributed by atoms with Crippen LogP contribution >= 0.6 is 0 Å². The molecule has 1 aromatic heterocycles. The van der Waals surface area contributed by atoms with Gasteiger partial charge in [-0.2, -0.15) is 0 Å². The average molecular weight is 198 g/mol. The van der Waals surface area contributed by atoms with E-state index in [-0.39, 0.29) is 5.97 Å². The lowest BCUT2D eigenvalue weighted by Gasteiger charge is -2.01. The van der Waals surface area contributed by atoms with Crippen LogP contribution in [0.5, 0.6) is 0 Å². The molecular weight excluding hydrogens is 184 g/mol. The molecular formula is C10H14O4. The van der Waals surface area contributed by atoms with Gasteiger partial charge in [-0.3, -0.25) is 4.79 Å². The molecule has 4 heteroatoms. The van der Waals surface area contributed by atoms with E-state index in [0.29, 0.717) is 26.1 Å². The first-order valence-corrected chi connectivity index (χ1v) is 4.50. The van der Waals surface area contributed by atoms with E-state index in [4.69, 9.17) is 9.15 Å². The highest BCUT2D eigenvalue weighted by atomic mass is 16.5. The Kier molecular flexibility index (Phi) is 4.78. The fourth-order valence-electron chi connectivity index (χ4n) is 0.988. The van der Waals surface area contributed by atoms with Gasteiger partial charge in [-0.05, 0) is 18.6 Å². The van der Waals surface area contributed by atoms with Gasteiger partial charge < -0.3 is 13.9 Å². The molecule has 0 amide bonds. The van der Waals surface area contributed by atoms with Gasteiger partial charge in [0.25, 0.3) is 0 Å². The summed E-state index contributed by atoms with van der Waals surface area (Å²) in [5, 5.41) is 0. The summed E-state index contributed by atoms with van der Waals surface area (Å²) in [4.78, 5) is 10.7. The standard InChI is InChI=1S/C10H14O4/c1-12-10(11)5-3-6-13-8-9-4-2-7-14-9/h2,4,7H,3,5-6,8H2,1H3. The summed E-state index contributed by atoms with van der Waals surface area (Å²) >= 11 is 0. The van der Waals surface area contributed by atoms with Crippen molar-refractivity contribution in [1.82, 2.24) is 0 Å². The van der Waals surface area contributed by atoms with Crippen LogP contribution in [-0.2, 0) is 20.9 Å². The smallest absolute Gasteiger partial charge is 0.305 e. The summed E-state index contributed by atoms with van der Waals surface area (Å²) in [7, 11) is 1.38. The van der Waals surface area contributed by atoms with Gasteiger partial charge in [0.05, 0.1) is 13.4 Å². The van der Waals surface area contributed by atoms with Gasteiger partial charge in [0.2, 0.25) is 0 Å². The zero-order valence-corrected chi connectivity index (χ0v) is 8.19. The van der Waals surface area contributed by atoms with Gasteiger partial charge in [0.15, 0.2) is 0 Å². The van der Waals surface area contributed by atoms with E-state index in [2.05, 4.69) is 4.74 Å². The maximum absolute atomic E-state index is 10.7. The Morgan fingerprint density at radius 3 is 3.07 bits per heavy atom. The highest BCUT2D eigenvalue weighted by molar-refractivity contribution is 5.68. The van der Waals surface area contributed by atoms with Crippen molar-refractivity contribution in [3.05, 3.63) is 24.2 Å². The largest absolute Gasteiger partial charge is 0.469 e. The first-order valence-electron chi connectivity index (χ1n) is 4.50. The molecule has 0 unspecified atom stereocenters. The molecule has 0 saturated carbocycles. The SMILES string of the molecule is COC(=O)CCCOCc1ccco1. The molecule has 1 rings (SSSR count). The average Bonchev–Trinajstić information content (AvgIpc) is 2.69. The number of methoxy groups -OCH3 is 1. The Labute approximate surface area is 82.8 Å². The molecule has 0 saturated heterocycles. The van der Waals surface area contributed by atoms with Crippen LogP contribution in [0.25, 0.3) is 0 Å². The van der Waals surface area contributed by atoms with E-state index in [1.807, 2.05) is 12.1 Å². The summed E-state index contributed by atoms with van der Waals surface area (Å²) in [6.07, 6.45) is 2.68. The second kappa shape index (κ2) is 6.21. The van der Waals surface area contributed by atoms with Crippen LogP contribution in [0.4, 0.5) is 0 Å². The topological polar surface area (TPSA) is 48.7 Å². The van der Waals surface area contributed by atoms with Crippen LogP contribution in [0.3, 0.4) is 0 Å². The zero-order chi connectivity index (χ0) is 10.2. The fourth-order valence-corrected chi connectivity index (χ4v) is 0.988. The Morgan fingerprint density at radius 1 is 1.57 bits per heavy atom. The number of carbonyl (C=O) groups is 1. The molecule has 0 aliphatic heterocycles. The van der Waals surface area contributed by atoms with Crippen molar-refractivity contribution in [2.75, 3.05) is 13.7 Å². The number of ether oxygens (including phenoxy) is 2. The first kappa shape index (κ1) is 10.8. The Morgan fingerprint density at radius 2 is 2.43 bits per heavy atom. The molecule has 4 nitrogen and oxygen atoms in total. The molecule has 0 aromatic carbocycles. The van der Waals surface area contributed by atoms with E-state index in [1.54, 1.807) is 6.26 Å². The van der Waals surface area contributed by atoms with Gasteiger partial charge in [-0.15, -0.1) is 0 Å². The normalized spacial score (nSPS) is 10.1. The third-order valence-corrected chi connectivity index (χ3v) is 1.72. The molecule has 0 atom stereocenters. The van der Waals surface area contributed by atoms with E-state index in [0.717, 1.165) is 5.76 Å². The molecule has 0 radical (unpaired) electrons. The van der Waals surface area contributed by atoms with Crippen LogP contribution in [0, 0.1) is 0 Å². The summed E-state index contributed by atoms with van der Waals surface area (Å²) in [6.45, 7) is 0.990. The van der Waals surface area contributed by atoms with Crippen LogP contribution in [0.1, 0.15) is 18.6 Å². The number of rotatable bonds is 6. The summed E-state index contributed by atoms with van der Waals surface area (Å²) in [6, 6.07) is 3.66. The third-order valence-electron chi connectivity index (χ3n) is 1.72. The third kappa shape index (κ3) is 4.09. The predicted molar refractivity (Wildman–Crippen MR) is 49.6 cm³/mol. The molecule has 0 fully saturated rings. The van der Waals surface area contributed by atoms with Crippen molar-refractivity contribution in [3.8, 4) is 0 Å². The monoisotopic (exact) mass is 198 g/mol. The van der Waals surface area contributed by atoms with Crippen molar-refractivity contribution < 1.29 is 18.7 Å². The van der Waals surface area contributed by atoms with Crippen LogP contribution in [-0.4, -0.2) is 19.7 Å². The summed E-state index contributed by atoms with van der Waals surface area (Å²) in [5.41, 5.74) is 0. The lowest BCUT2D eigenvalue weighted by molar-refractivity contribution is -0.141. The molecule has 78 valence electrons. The van der Waals surface area contributed by atoms with Crippen LogP contribution in [0.15, 0.2) is 22.8 Å². The molecule has 0 bridgehead atoms. The van der Waals surface area contributed by atoms with Gasteiger partial charge in [-0.25, -0.2) is 0 Å². The lowest BCUT2D eigenvalue weighted by atomic mass is 10.3. The number of hydrogen-bond donors (Lipinski definition) is 0. The summed E-state index contributed by atoms with van der Waals surface area (Å²) in [5.74, 6) is 0.592. The van der Waals surface area contributed by atoms with E-state index in [9.17, 15) is 4.79 Å². The molecule has 1 aromatic rings. The highest BCUT2D eigenvalue weighted by Crippen LogP contribution is 2.02. The van der Waals surface area contributed by atoms with E-state index in [1.165, 1.54) is 7.11 Å². The minimum atomic E-state index is -0.202. The second-order valence-corrected chi connectivity index (χ2v) is 2.81. The van der Waals surface area contributed by atoms with Gasteiger partial charge in [0.1, 0.15) is 12.4 Å². The molecule has 0 aliphatic rings. The van der Waals surface area contributed by atoms with Gasteiger partial charge in [0, 0.05) is 13.0 Å². The van der Waals surface area contributed by atoms with Crippen molar-refractivity contribution in [2.45, 2.75) is 19.4 Å². The second-order valence-electron chi connectivity index (χ2n) is 2.81. The summed E-state index contributed by atoms with van der Waals surface area (Å²) < 4.78 is 14.8. The highest BCUT2D eigenvalue weighted by Gasteiger charge is 2.00. The van der Waals surface area contributed by atoms with E-state index < -0.39 is 0 Å². The molecule has 0 spiro atoms. The number of hydrogen-bond acceptors (Lipinski definition) is 4. The first-order chi connectivity index (χ1) is 6.83. The van der Waals surface area contributed by atoms with Crippen molar-refractivity contribution in [3.63, 3.8) is 0 Å². The molecule has 0 aliphatic carbocycles. The lowest BCUT2D eigenvalue weighted by Crippen LogP contribution is -2.02. The van der Waals surface area contributed by atoms with Gasteiger partial charge in [-0.1, -0.05) is 0 Å². The minimum Gasteiger partial charge on any atom is -0.469 e. The van der Waals surface area contributed by atoms with Crippen LogP contribution in [0.2, 0.25) is 0 Å². The number of esters is 1. The van der Waals surface area contributed by atoms with Crippen molar-refractivity contribution in [1.29, 1.82) is 0 Å². The fraction of sp³-hybridized carbons (Fsp3) is 0.500. The quantitative estimate of drug-likeness (QED) is 0.516. The maximum atomic E-state index is 10.7. The molecule has 0 N–H and O–H groups in total. The Bertz CT molecular complexity index is 253.